The van der Waals surface area contributed by atoms with Gasteiger partial charge in [-0.25, -0.2) is 17.9 Å². The van der Waals surface area contributed by atoms with Crippen molar-refractivity contribution in [2.24, 2.45) is 4.99 Å². The number of hydrogen-bond donors (Lipinski definition) is 1. The minimum absolute atomic E-state index is 0.0697. The molecule has 0 aliphatic carbocycles. The molecule has 9 heteroatoms. The molecule has 0 fully saturated rings. The molecule has 0 atom stereocenters. The fourth-order valence-electron chi connectivity index (χ4n) is 1.38. The highest BCUT2D eigenvalue weighted by atomic mass is 19.3. The standard InChI is InChI=1S/C12H15F3N4O2/c1-7(13)4-5-8(2)19-10(16-3)11(20)17-12(18-19)21-6-9(14)15/h4,9H,2,5-6H2,1,3H3,(H,17,18,20)/b7-4+,16-10?. The van der Waals surface area contributed by atoms with Gasteiger partial charge in [0.15, 0.2) is 6.61 Å². The molecule has 0 unspecified atom stereocenters. The lowest BCUT2D eigenvalue weighted by atomic mass is 10.3. The topological polar surface area (TPSA) is 72.3 Å². The van der Waals surface area contributed by atoms with Gasteiger partial charge in [-0.15, -0.1) is 5.10 Å². The van der Waals surface area contributed by atoms with Crippen LogP contribution in [0.25, 0.3) is 5.70 Å². The minimum Gasteiger partial charge on any atom is -0.458 e. The highest BCUT2D eigenvalue weighted by Gasteiger charge is 2.10. The second kappa shape index (κ2) is 7.46. The van der Waals surface area contributed by atoms with E-state index in [4.69, 9.17) is 0 Å². The Hall–Kier alpha value is -2.32. The van der Waals surface area contributed by atoms with Gasteiger partial charge >= 0.3 is 6.01 Å². The molecule has 0 aromatic carbocycles. The maximum atomic E-state index is 12.7. The molecule has 0 bridgehead atoms. The van der Waals surface area contributed by atoms with Gasteiger partial charge in [-0.05, 0) is 13.0 Å². The molecule has 0 aliphatic heterocycles. The molecule has 1 N–H and O–H groups in total. The molecule has 1 heterocycles. The first-order chi connectivity index (χ1) is 9.85. The van der Waals surface area contributed by atoms with Crippen molar-refractivity contribution in [3.05, 3.63) is 34.3 Å². The summed E-state index contributed by atoms with van der Waals surface area (Å²) in [5, 5.41) is 3.81. The van der Waals surface area contributed by atoms with E-state index in [0.29, 0.717) is 0 Å². The Labute approximate surface area is 118 Å². The van der Waals surface area contributed by atoms with E-state index in [9.17, 15) is 18.0 Å². The number of ether oxygens (including phenoxy) is 1. The summed E-state index contributed by atoms with van der Waals surface area (Å²) < 4.78 is 42.6. The fourth-order valence-corrected chi connectivity index (χ4v) is 1.38. The third kappa shape index (κ3) is 4.93. The van der Waals surface area contributed by atoms with Crippen LogP contribution < -0.4 is 15.8 Å². The molecule has 1 rings (SSSR count). The number of alkyl halides is 2. The second-order valence-corrected chi connectivity index (χ2v) is 3.98. The van der Waals surface area contributed by atoms with E-state index in [1.165, 1.54) is 20.0 Å². The van der Waals surface area contributed by atoms with Gasteiger partial charge in [0.1, 0.15) is 0 Å². The lowest BCUT2D eigenvalue weighted by Gasteiger charge is -2.10. The quantitative estimate of drug-likeness (QED) is 0.865. The number of H-pyrrole nitrogens is 1. The minimum atomic E-state index is -2.71. The number of nitrogens with zero attached hydrogens (tertiary/aromatic N) is 3. The van der Waals surface area contributed by atoms with Crippen LogP contribution in [-0.4, -0.2) is 34.8 Å². The smallest absolute Gasteiger partial charge is 0.314 e. The molecule has 116 valence electrons. The Morgan fingerprint density at radius 2 is 2.29 bits per heavy atom. The van der Waals surface area contributed by atoms with Crippen LogP contribution >= 0.6 is 0 Å². The first-order valence-electron chi connectivity index (χ1n) is 5.93. The van der Waals surface area contributed by atoms with E-state index in [1.807, 2.05) is 0 Å². The molecule has 0 aliphatic rings. The van der Waals surface area contributed by atoms with Gasteiger partial charge in [-0.3, -0.25) is 14.8 Å². The first kappa shape index (κ1) is 16.7. The van der Waals surface area contributed by atoms with Crippen molar-refractivity contribution < 1.29 is 17.9 Å². The number of rotatable bonds is 6. The van der Waals surface area contributed by atoms with Crippen LogP contribution in [0.4, 0.5) is 13.2 Å². The monoisotopic (exact) mass is 304 g/mol. The normalized spacial score (nSPS) is 12.9. The lowest BCUT2D eigenvalue weighted by molar-refractivity contribution is 0.0758. The highest BCUT2D eigenvalue weighted by molar-refractivity contribution is 5.41. The van der Waals surface area contributed by atoms with Crippen LogP contribution in [0.5, 0.6) is 6.01 Å². The number of hydrogen-bond acceptors (Lipinski definition) is 4. The molecule has 0 radical (unpaired) electrons. The molecule has 6 nitrogen and oxygen atoms in total. The van der Waals surface area contributed by atoms with E-state index in [2.05, 4.69) is 26.4 Å². The third-order valence-electron chi connectivity index (χ3n) is 2.29. The zero-order valence-electron chi connectivity index (χ0n) is 11.6. The van der Waals surface area contributed by atoms with Crippen molar-refractivity contribution >= 4 is 5.70 Å². The Kier molecular flexibility index (Phi) is 5.94. The van der Waals surface area contributed by atoms with Crippen LogP contribution in [0.2, 0.25) is 0 Å². The summed E-state index contributed by atoms with van der Waals surface area (Å²) in [6, 6.07) is -0.394. The van der Waals surface area contributed by atoms with Crippen LogP contribution in [0.1, 0.15) is 13.3 Å². The number of halogens is 3. The summed E-state index contributed by atoms with van der Waals surface area (Å²) in [5.41, 5.74) is -0.547. The van der Waals surface area contributed by atoms with Gasteiger partial charge in [0.2, 0.25) is 5.49 Å². The third-order valence-corrected chi connectivity index (χ3v) is 2.29. The fraction of sp³-hybridized carbons (Fsp3) is 0.417. The van der Waals surface area contributed by atoms with Crippen LogP contribution in [0.15, 0.2) is 28.3 Å². The van der Waals surface area contributed by atoms with Crippen molar-refractivity contribution in [3.8, 4) is 6.01 Å². The van der Waals surface area contributed by atoms with E-state index in [0.717, 1.165) is 4.68 Å². The molecule has 0 spiro atoms. The first-order valence-corrected chi connectivity index (χ1v) is 5.93. The maximum absolute atomic E-state index is 12.7. The maximum Gasteiger partial charge on any atom is 0.314 e. The zero-order chi connectivity index (χ0) is 16.0. The molecule has 0 amide bonds. The largest absolute Gasteiger partial charge is 0.458 e. The van der Waals surface area contributed by atoms with Gasteiger partial charge in [0, 0.05) is 19.2 Å². The van der Waals surface area contributed by atoms with Crippen molar-refractivity contribution in [1.29, 1.82) is 0 Å². The van der Waals surface area contributed by atoms with E-state index in [-0.39, 0.29) is 17.6 Å². The molecule has 21 heavy (non-hydrogen) atoms. The van der Waals surface area contributed by atoms with E-state index >= 15 is 0 Å². The van der Waals surface area contributed by atoms with Gasteiger partial charge in [0.05, 0.1) is 5.83 Å². The predicted molar refractivity (Wildman–Crippen MR) is 70.6 cm³/mol. The van der Waals surface area contributed by atoms with E-state index in [1.54, 1.807) is 0 Å². The summed E-state index contributed by atoms with van der Waals surface area (Å²) in [7, 11) is 1.35. The number of aromatic nitrogens is 3. The Bertz CT molecular complexity index is 657. The number of allylic oxidation sites excluding steroid dienone is 3. The molecule has 1 aromatic rings. The molecule has 0 saturated carbocycles. The van der Waals surface area contributed by atoms with E-state index < -0.39 is 30.4 Å². The van der Waals surface area contributed by atoms with Crippen LogP contribution in [0.3, 0.4) is 0 Å². The van der Waals surface area contributed by atoms with Crippen molar-refractivity contribution in [3.63, 3.8) is 0 Å². The highest BCUT2D eigenvalue weighted by Crippen LogP contribution is 2.08. The van der Waals surface area contributed by atoms with Crippen molar-refractivity contribution in [1.82, 2.24) is 14.8 Å². The average molecular weight is 304 g/mol. The average Bonchev–Trinajstić information content (AvgIpc) is 2.41. The number of aromatic amines is 1. The van der Waals surface area contributed by atoms with Gasteiger partial charge in [-0.1, -0.05) is 6.58 Å². The Balaban J connectivity index is 3.19. The second-order valence-electron chi connectivity index (χ2n) is 3.98. The zero-order valence-corrected chi connectivity index (χ0v) is 11.6. The van der Waals surface area contributed by atoms with Gasteiger partial charge in [0.25, 0.3) is 12.0 Å². The Morgan fingerprint density at radius 3 is 2.81 bits per heavy atom. The van der Waals surface area contributed by atoms with Crippen molar-refractivity contribution in [2.45, 2.75) is 19.8 Å². The van der Waals surface area contributed by atoms with Gasteiger partial charge in [-0.2, -0.15) is 0 Å². The summed E-state index contributed by atoms with van der Waals surface area (Å²) in [6.07, 6.45) is -1.41. The lowest BCUT2D eigenvalue weighted by Crippen LogP contribution is -2.39. The summed E-state index contributed by atoms with van der Waals surface area (Å²) in [5.74, 6) is -0.425. The van der Waals surface area contributed by atoms with Crippen molar-refractivity contribution in [2.75, 3.05) is 13.7 Å². The van der Waals surface area contributed by atoms with Crippen LogP contribution in [-0.2, 0) is 0 Å². The molecular weight excluding hydrogens is 289 g/mol. The van der Waals surface area contributed by atoms with Crippen LogP contribution in [0, 0.1) is 0 Å². The summed E-state index contributed by atoms with van der Waals surface area (Å²) in [4.78, 5) is 17.7. The Morgan fingerprint density at radius 1 is 1.62 bits per heavy atom. The predicted octanol–water partition coefficient (Wildman–Crippen LogP) is 1.48. The number of nitrogens with one attached hydrogen (secondary N) is 1. The molecule has 1 aromatic heterocycles. The summed E-state index contributed by atoms with van der Waals surface area (Å²) >= 11 is 0. The summed E-state index contributed by atoms with van der Waals surface area (Å²) in [6.45, 7) is 4.00. The van der Waals surface area contributed by atoms with Gasteiger partial charge < -0.3 is 4.74 Å². The molecular formula is C12H15F3N4O2. The molecule has 0 saturated heterocycles. The SMILES string of the molecule is C=C(C/C=C(\C)F)n1nc(OCC(F)F)[nH]c(=O)c1=NC.